The molecule has 0 bridgehead atoms. The number of nitro groups is 1. The van der Waals surface area contributed by atoms with Crippen LogP contribution >= 0.6 is 11.6 Å². The molecule has 0 N–H and O–H groups in total. The van der Waals surface area contributed by atoms with E-state index in [-0.39, 0.29) is 18.9 Å². The number of rotatable bonds is 9. The minimum atomic E-state index is -4.35. The smallest absolute Gasteiger partial charge is 0.321 e. The number of benzene rings is 2. The zero-order valence-corrected chi connectivity index (χ0v) is 17.3. The van der Waals surface area contributed by atoms with Gasteiger partial charge in [-0.05, 0) is 30.7 Å². The van der Waals surface area contributed by atoms with Gasteiger partial charge >= 0.3 is 5.97 Å². The average molecular weight is 443 g/mol. The molecule has 0 radical (unpaired) electrons. The maximum Gasteiger partial charge on any atom is 0.321 e. The monoisotopic (exact) mass is 442 g/mol. The predicted molar refractivity (Wildman–Crippen MR) is 105 cm³/mol. The summed E-state index contributed by atoms with van der Waals surface area (Å²) < 4.78 is 37.4. The summed E-state index contributed by atoms with van der Waals surface area (Å²) in [4.78, 5) is 22.0. The topological polar surface area (TPSA) is 116 Å². The molecular weight excluding hydrogens is 424 g/mol. The molecule has 2 aromatic rings. The fourth-order valence-corrected chi connectivity index (χ4v) is 4.16. The fourth-order valence-electron chi connectivity index (χ4n) is 2.49. The van der Waals surface area contributed by atoms with Crippen molar-refractivity contribution < 1.29 is 27.6 Å². The van der Waals surface area contributed by atoms with E-state index in [1.54, 1.807) is 31.2 Å². The normalized spacial score (nSPS) is 11.3. The summed E-state index contributed by atoms with van der Waals surface area (Å²) in [5.74, 6) is -0.838. The van der Waals surface area contributed by atoms with E-state index in [0.29, 0.717) is 10.6 Å². The summed E-state index contributed by atoms with van der Waals surface area (Å²) in [6.07, 6.45) is 0. The average Bonchev–Trinajstić information content (AvgIpc) is 2.68. The summed E-state index contributed by atoms with van der Waals surface area (Å²) in [6, 6.07) is 9.61. The van der Waals surface area contributed by atoms with Crippen LogP contribution in [-0.2, 0) is 26.1 Å². The minimum Gasteiger partial charge on any atom is -0.495 e. The molecule has 0 aromatic heterocycles. The van der Waals surface area contributed by atoms with E-state index < -0.39 is 38.0 Å². The predicted octanol–water partition coefficient (Wildman–Crippen LogP) is 3.01. The Morgan fingerprint density at radius 3 is 2.41 bits per heavy atom. The van der Waals surface area contributed by atoms with Gasteiger partial charge in [0.25, 0.3) is 5.69 Å². The van der Waals surface area contributed by atoms with Crippen LogP contribution in [0.1, 0.15) is 12.5 Å². The molecule has 0 heterocycles. The molecule has 0 atom stereocenters. The number of nitro benzene ring substituents is 1. The lowest BCUT2D eigenvalue weighted by Crippen LogP contribution is -2.36. The van der Waals surface area contributed by atoms with Crippen LogP contribution in [0.4, 0.5) is 5.69 Å². The lowest BCUT2D eigenvalue weighted by atomic mass is 10.2. The van der Waals surface area contributed by atoms with Gasteiger partial charge < -0.3 is 9.47 Å². The zero-order valence-electron chi connectivity index (χ0n) is 15.7. The molecule has 156 valence electrons. The molecule has 0 amide bonds. The number of esters is 1. The van der Waals surface area contributed by atoms with Gasteiger partial charge in [-0.1, -0.05) is 23.7 Å². The highest BCUT2D eigenvalue weighted by Crippen LogP contribution is 2.31. The first-order valence-electron chi connectivity index (χ1n) is 8.41. The van der Waals surface area contributed by atoms with E-state index in [1.165, 1.54) is 13.2 Å². The Morgan fingerprint density at radius 1 is 1.21 bits per heavy atom. The van der Waals surface area contributed by atoms with Crippen molar-refractivity contribution >= 4 is 33.3 Å². The van der Waals surface area contributed by atoms with Crippen LogP contribution in [0.15, 0.2) is 47.4 Å². The largest absolute Gasteiger partial charge is 0.495 e. The van der Waals surface area contributed by atoms with E-state index in [9.17, 15) is 23.3 Å². The van der Waals surface area contributed by atoms with Crippen molar-refractivity contribution in [2.45, 2.75) is 18.4 Å². The molecule has 2 rings (SSSR count). The van der Waals surface area contributed by atoms with E-state index in [2.05, 4.69) is 0 Å². The van der Waals surface area contributed by atoms with Crippen LogP contribution in [-0.4, -0.2) is 43.9 Å². The third kappa shape index (κ3) is 5.66. The highest BCUT2D eigenvalue weighted by molar-refractivity contribution is 7.89. The Balaban J connectivity index is 2.52. The Kier molecular flexibility index (Phi) is 7.54. The molecule has 0 saturated carbocycles. The van der Waals surface area contributed by atoms with Gasteiger partial charge in [-0.25, -0.2) is 8.42 Å². The van der Waals surface area contributed by atoms with Gasteiger partial charge in [0.2, 0.25) is 10.0 Å². The van der Waals surface area contributed by atoms with Crippen LogP contribution in [0.2, 0.25) is 5.02 Å². The Labute approximate surface area is 173 Å². The van der Waals surface area contributed by atoms with Crippen molar-refractivity contribution in [1.29, 1.82) is 0 Å². The first-order chi connectivity index (χ1) is 13.7. The van der Waals surface area contributed by atoms with Gasteiger partial charge in [-0.3, -0.25) is 14.9 Å². The third-order valence-electron chi connectivity index (χ3n) is 3.86. The minimum absolute atomic E-state index is 0.0772. The fraction of sp³-hybridized carbons (Fsp3) is 0.278. The van der Waals surface area contributed by atoms with Crippen molar-refractivity contribution in [3.8, 4) is 5.75 Å². The zero-order chi connectivity index (χ0) is 21.6. The molecule has 0 aliphatic rings. The number of halogens is 1. The lowest BCUT2D eigenvalue weighted by molar-refractivity contribution is -0.385. The van der Waals surface area contributed by atoms with E-state index >= 15 is 0 Å². The van der Waals surface area contributed by atoms with E-state index in [4.69, 9.17) is 21.1 Å². The summed E-state index contributed by atoms with van der Waals surface area (Å²) >= 11 is 5.86. The molecule has 0 unspecified atom stereocenters. The number of methoxy groups -OCH3 is 1. The van der Waals surface area contributed by atoms with Crippen LogP contribution in [0.5, 0.6) is 5.75 Å². The third-order valence-corrected chi connectivity index (χ3v) is 5.92. The Morgan fingerprint density at radius 2 is 1.86 bits per heavy atom. The van der Waals surface area contributed by atoms with Crippen molar-refractivity contribution in [2.75, 3.05) is 20.3 Å². The number of carbonyl (C=O) groups is 1. The molecule has 0 fully saturated rings. The Hall–Kier alpha value is -2.69. The molecule has 0 saturated heterocycles. The molecule has 0 aliphatic carbocycles. The number of carbonyl (C=O) groups excluding carboxylic acids is 1. The van der Waals surface area contributed by atoms with Crippen molar-refractivity contribution in [1.82, 2.24) is 4.31 Å². The number of nitrogens with zero attached hydrogens (tertiary/aromatic N) is 2. The number of sulfonamides is 1. The van der Waals surface area contributed by atoms with Crippen molar-refractivity contribution in [2.24, 2.45) is 0 Å². The van der Waals surface area contributed by atoms with Crippen LogP contribution in [0, 0.1) is 10.1 Å². The maximum absolute atomic E-state index is 13.3. The SMILES string of the molecule is CCOC(=O)CN(Cc1ccc(Cl)cc1)S(=O)(=O)c1cc([N+](=O)[O-])ccc1OC. The van der Waals surface area contributed by atoms with Gasteiger partial charge in [0.1, 0.15) is 17.2 Å². The molecule has 0 spiro atoms. The Bertz CT molecular complexity index is 994. The maximum atomic E-state index is 13.3. The molecular formula is C18H19ClN2O7S. The summed E-state index contributed by atoms with van der Waals surface area (Å²) in [6.45, 7) is 0.919. The summed E-state index contributed by atoms with van der Waals surface area (Å²) in [5.41, 5.74) is 0.138. The van der Waals surface area contributed by atoms with Crippen LogP contribution in [0.25, 0.3) is 0 Å². The van der Waals surface area contributed by atoms with Crippen LogP contribution < -0.4 is 4.74 Å². The number of hydrogen-bond acceptors (Lipinski definition) is 7. The lowest BCUT2D eigenvalue weighted by Gasteiger charge is -2.22. The second-order valence-electron chi connectivity index (χ2n) is 5.80. The second-order valence-corrected chi connectivity index (χ2v) is 8.14. The van der Waals surface area contributed by atoms with Gasteiger partial charge in [0, 0.05) is 23.7 Å². The van der Waals surface area contributed by atoms with Gasteiger partial charge in [-0.2, -0.15) is 4.31 Å². The van der Waals surface area contributed by atoms with Gasteiger partial charge in [-0.15, -0.1) is 0 Å². The highest BCUT2D eigenvalue weighted by atomic mass is 35.5. The molecule has 0 aliphatic heterocycles. The summed E-state index contributed by atoms with van der Waals surface area (Å²) in [7, 11) is -3.11. The standard InChI is InChI=1S/C18H19ClN2O7S/c1-3-28-18(22)12-20(11-13-4-6-14(19)7-5-13)29(25,26)17-10-15(21(23)24)8-9-16(17)27-2/h4-10H,3,11-12H2,1-2H3. The number of hydrogen-bond donors (Lipinski definition) is 0. The molecule has 29 heavy (non-hydrogen) atoms. The first kappa shape index (κ1) is 22.6. The van der Waals surface area contributed by atoms with Gasteiger partial charge in [0.05, 0.1) is 18.6 Å². The summed E-state index contributed by atoms with van der Waals surface area (Å²) in [5, 5.41) is 11.6. The highest BCUT2D eigenvalue weighted by Gasteiger charge is 2.31. The second kappa shape index (κ2) is 9.68. The van der Waals surface area contributed by atoms with E-state index in [1.807, 2.05) is 0 Å². The number of ether oxygens (including phenoxy) is 2. The van der Waals surface area contributed by atoms with Crippen LogP contribution in [0.3, 0.4) is 0 Å². The molecule has 9 nitrogen and oxygen atoms in total. The number of non-ortho nitro benzene ring substituents is 1. The first-order valence-corrected chi connectivity index (χ1v) is 10.2. The molecule has 11 heteroatoms. The van der Waals surface area contributed by atoms with Crippen molar-refractivity contribution in [3.63, 3.8) is 0 Å². The molecule has 2 aromatic carbocycles. The van der Waals surface area contributed by atoms with E-state index in [0.717, 1.165) is 16.4 Å². The van der Waals surface area contributed by atoms with Crippen molar-refractivity contribution in [3.05, 3.63) is 63.2 Å². The quantitative estimate of drug-likeness (QED) is 0.333. The van der Waals surface area contributed by atoms with Gasteiger partial charge in [0.15, 0.2) is 0 Å².